The molecular formula is C22H19N3O2. The first-order valence-corrected chi connectivity index (χ1v) is 8.80. The molecule has 1 aromatic heterocycles. The lowest BCUT2D eigenvalue weighted by Gasteiger charge is -2.09. The number of aromatic nitrogens is 3. The van der Waals surface area contributed by atoms with E-state index in [-0.39, 0.29) is 11.4 Å². The van der Waals surface area contributed by atoms with Crippen LogP contribution < -0.4 is 11.4 Å². The molecule has 0 amide bonds. The summed E-state index contributed by atoms with van der Waals surface area (Å²) in [5.41, 5.74) is 1.82. The number of para-hydroxylation sites is 1. The van der Waals surface area contributed by atoms with E-state index in [0.717, 1.165) is 11.1 Å². The van der Waals surface area contributed by atoms with E-state index in [1.165, 1.54) is 13.9 Å². The predicted molar refractivity (Wildman–Crippen MR) is 105 cm³/mol. The number of hydrogen-bond acceptors (Lipinski definition) is 2. The molecule has 4 aromatic rings. The molecule has 0 aliphatic heterocycles. The molecule has 5 heteroatoms. The van der Waals surface area contributed by atoms with Crippen molar-refractivity contribution in [1.29, 1.82) is 0 Å². The van der Waals surface area contributed by atoms with Gasteiger partial charge in [-0.2, -0.15) is 0 Å². The maximum Gasteiger partial charge on any atom is 0.352 e. The number of rotatable bonds is 5. The Labute approximate surface area is 156 Å². The Morgan fingerprint density at radius 1 is 0.519 bits per heavy atom. The lowest BCUT2D eigenvalue weighted by Crippen LogP contribution is -2.27. The van der Waals surface area contributed by atoms with E-state index in [9.17, 15) is 9.59 Å². The van der Waals surface area contributed by atoms with Gasteiger partial charge in [0.2, 0.25) is 0 Å². The van der Waals surface area contributed by atoms with Crippen LogP contribution in [0.1, 0.15) is 11.1 Å². The second-order valence-corrected chi connectivity index (χ2v) is 6.32. The van der Waals surface area contributed by atoms with Crippen LogP contribution in [0.4, 0.5) is 0 Å². The topological polar surface area (TPSA) is 48.9 Å². The molecular weight excluding hydrogens is 338 g/mol. The van der Waals surface area contributed by atoms with E-state index < -0.39 is 0 Å². The molecule has 0 N–H and O–H groups in total. The molecule has 0 saturated carbocycles. The normalized spacial score (nSPS) is 10.8. The molecule has 0 saturated heterocycles. The molecule has 3 aromatic carbocycles. The maximum atomic E-state index is 13.1. The third kappa shape index (κ3) is 3.40. The van der Waals surface area contributed by atoms with Gasteiger partial charge in [-0.3, -0.25) is 0 Å². The fourth-order valence-electron chi connectivity index (χ4n) is 3.14. The number of hydrogen-bond donors (Lipinski definition) is 0. The Bertz CT molecular complexity index is 1070. The van der Waals surface area contributed by atoms with Gasteiger partial charge in [0.15, 0.2) is 0 Å². The van der Waals surface area contributed by atoms with Crippen LogP contribution in [0.3, 0.4) is 0 Å². The predicted octanol–water partition coefficient (Wildman–Crippen LogP) is 2.90. The van der Waals surface area contributed by atoms with Gasteiger partial charge in [0.1, 0.15) is 0 Å². The molecule has 0 bridgehead atoms. The van der Waals surface area contributed by atoms with Gasteiger partial charge in [-0.1, -0.05) is 78.9 Å². The summed E-state index contributed by atoms with van der Waals surface area (Å²) in [5.74, 6) is 0. The molecule has 134 valence electrons. The summed E-state index contributed by atoms with van der Waals surface area (Å²) in [5, 5.41) is 0. The highest BCUT2D eigenvalue weighted by atomic mass is 16.2. The van der Waals surface area contributed by atoms with Crippen molar-refractivity contribution in [3.63, 3.8) is 0 Å². The first kappa shape index (κ1) is 16.8. The lowest BCUT2D eigenvalue weighted by atomic mass is 10.2. The van der Waals surface area contributed by atoms with Crippen molar-refractivity contribution in [2.75, 3.05) is 0 Å². The summed E-state index contributed by atoms with van der Waals surface area (Å²) >= 11 is 0. The van der Waals surface area contributed by atoms with Gasteiger partial charge in [-0.15, -0.1) is 0 Å². The van der Waals surface area contributed by atoms with Gasteiger partial charge in [0.05, 0.1) is 18.8 Å². The van der Waals surface area contributed by atoms with E-state index in [1.54, 1.807) is 12.1 Å². The zero-order valence-electron chi connectivity index (χ0n) is 14.7. The fraction of sp³-hybridized carbons (Fsp3) is 0.0909. The molecule has 0 spiro atoms. The smallest absolute Gasteiger partial charge is 0.245 e. The van der Waals surface area contributed by atoms with Crippen LogP contribution in [-0.2, 0) is 13.1 Å². The molecule has 0 unspecified atom stereocenters. The highest BCUT2D eigenvalue weighted by Crippen LogP contribution is 2.06. The second kappa shape index (κ2) is 7.33. The Hall–Kier alpha value is -3.60. The number of benzene rings is 3. The zero-order valence-corrected chi connectivity index (χ0v) is 14.7. The monoisotopic (exact) mass is 357 g/mol. The second-order valence-electron chi connectivity index (χ2n) is 6.32. The molecule has 0 aliphatic rings. The van der Waals surface area contributed by atoms with Crippen molar-refractivity contribution in [1.82, 2.24) is 13.9 Å². The van der Waals surface area contributed by atoms with Gasteiger partial charge in [0, 0.05) is 0 Å². The third-order valence-corrected chi connectivity index (χ3v) is 4.48. The zero-order chi connectivity index (χ0) is 18.6. The average molecular weight is 357 g/mol. The highest BCUT2D eigenvalue weighted by Gasteiger charge is 2.17. The van der Waals surface area contributed by atoms with Gasteiger partial charge in [-0.25, -0.2) is 23.5 Å². The lowest BCUT2D eigenvalue weighted by molar-refractivity contribution is 0.490. The standard InChI is InChI=1S/C22H19N3O2/c26-21-23(16-18-10-4-1-5-11-18)24(17-19-12-6-2-7-13-19)22(27)25(21)20-14-8-3-9-15-20/h1-15H,16-17H2. The molecule has 4 rings (SSSR count). The first-order chi connectivity index (χ1) is 13.2. The van der Waals surface area contributed by atoms with Crippen LogP contribution in [-0.4, -0.2) is 13.9 Å². The van der Waals surface area contributed by atoms with E-state index in [0.29, 0.717) is 18.8 Å². The molecule has 1 heterocycles. The number of nitrogens with zero attached hydrogens (tertiary/aromatic N) is 3. The molecule has 0 aliphatic carbocycles. The van der Waals surface area contributed by atoms with Gasteiger partial charge < -0.3 is 0 Å². The van der Waals surface area contributed by atoms with Crippen LogP contribution in [0.15, 0.2) is 101 Å². The minimum absolute atomic E-state index is 0.335. The molecule has 0 radical (unpaired) electrons. The minimum Gasteiger partial charge on any atom is -0.245 e. The first-order valence-electron chi connectivity index (χ1n) is 8.80. The summed E-state index contributed by atoms with van der Waals surface area (Å²) in [7, 11) is 0. The Kier molecular flexibility index (Phi) is 4.58. The van der Waals surface area contributed by atoms with E-state index in [2.05, 4.69) is 0 Å². The van der Waals surface area contributed by atoms with Crippen molar-refractivity contribution in [3.05, 3.63) is 123 Å². The average Bonchev–Trinajstić information content (AvgIpc) is 2.94. The van der Waals surface area contributed by atoms with Gasteiger partial charge >= 0.3 is 11.4 Å². The SMILES string of the molecule is O=c1n(-c2ccccc2)c(=O)n(Cc2ccccc2)n1Cc1ccccc1. The van der Waals surface area contributed by atoms with E-state index in [1.807, 2.05) is 78.9 Å². The van der Waals surface area contributed by atoms with Crippen LogP contribution in [0, 0.1) is 0 Å². The van der Waals surface area contributed by atoms with E-state index >= 15 is 0 Å². The van der Waals surface area contributed by atoms with Gasteiger partial charge in [-0.05, 0) is 23.3 Å². The van der Waals surface area contributed by atoms with Crippen molar-refractivity contribution in [2.45, 2.75) is 13.1 Å². The highest BCUT2D eigenvalue weighted by molar-refractivity contribution is 5.30. The van der Waals surface area contributed by atoms with Crippen molar-refractivity contribution < 1.29 is 0 Å². The van der Waals surface area contributed by atoms with Crippen LogP contribution in [0.5, 0.6) is 0 Å². The van der Waals surface area contributed by atoms with Crippen molar-refractivity contribution in [2.24, 2.45) is 0 Å². The van der Waals surface area contributed by atoms with Crippen molar-refractivity contribution >= 4 is 0 Å². The molecule has 5 nitrogen and oxygen atoms in total. The summed E-state index contributed by atoms with van der Waals surface area (Å²) < 4.78 is 4.25. The third-order valence-electron chi connectivity index (χ3n) is 4.48. The summed E-state index contributed by atoms with van der Waals surface area (Å²) in [6, 6.07) is 28.4. The Balaban J connectivity index is 1.87. The van der Waals surface area contributed by atoms with Crippen LogP contribution in [0.25, 0.3) is 5.69 Å². The van der Waals surface area contributed by atoms with Crippen LogP contribution >= 0.6 is 0 Å². The maximum absolute atomic E-state index is 13.1. The van der Waals surface area contributed by atoms with Crippen LogP contribution in [0.2, 0.25) is 0 Å². The summed E-state index contributed by atoms with van der Waals surface area (Å²) in [6.07, 6.45) is 0. The van der Waals surface area contributed by atoms with E-state index in [4.69, 9.17) is 0 Å². The molecule has 0 atom stereocenters. The Morgan fingerprint density at radius 2 is 0.889 bits per heavy atom. The quantitative estimate of drug-likeness (QED) is 0.551. The largest absolute Gasteiger partial charge is 0.352 e. The fourth-order valence-corrected chi connectivity index (χ4v) is 3.14. The molecule has 0 fully saturated rings. The van der Waals surface area contributed by atoms with Gasteiger partial charge in [0.25, 0.3) is 0 Å². The Morgan fingerprint density at radius 3 is 1.30 bits per heavy atom. The molecule has 27 heavy (non-hydrogen) atoms. The van der Waals surface area contributed by atoms with Crippen molar-refractivity contribution in [3.8, 4) is 5.69 Å². The minimum atomic E-state index is -0.342. The summed E-state index contributed by atoms with van der Waals surface area (Å²) in [4.78, 5) is 26.2. The summed E-state index contributed by atoms with van der Waals surface area (Å²) in [6.45, 7) is 0.670.